The third-order valence-corrected chi connectivity index (χ3v) is 11.1. The molecule has 0 atom stereocenters. The molecule has 55 heavy (non-hydrogen) atoms. The Bertz CT molecular complexity index is 2820. The number of carbonyl (C=O) groups is 2. The molecular weight excluding hydrogens is 804 g/mol. The zero-order valence-corrected chi connectivity index (χ0v) is 31.2. The maximum Gasteiger partial charge on any atom is 0.296 e. The van der Waals surface area contributed by atoms with E-state index in [-0.39, 0.29) is 50.8 Å². The van der Waals surface area contributed by atoms with E-state index in [1.165, 1.54) is 38.5 Å². The van der Waals surface area contributed by atoms with Crippen LogP contribution in [0.4, 0.5) is 11.4 Å². The molecule has 284 valence electrons. The number of carbonyl (C=O) groups excluding carboxylic acids is 2. The fourth-order valence-electron chi connectivity index (χ4n) is 5.61. The average Bonchev–Trinajstić information content (AvgIpc) is 3.12. The lowest BCUT2D eigenvalue weighted by atomic mass is 9.94. The van der Waals surface area contributed by atoms with Gasteiger partial charge in [-0.25, -0.2) is 0 Å². The lowest BCUT2D eigenvalue weighted by molar-refractivity contribution is 0.105. The van der Waals surface area contributed by atoms with Gasteiger partial charge in [0.1, 0.15) is 27.0 Å². The van der Waals surface area contributed by atoms with E-state index < -0.39 is 67.4 Å². The number of nitrogens with zero attached hydrogens (tertiary/aromatic N) is 2. The second-order valence-corrected chi connectivity index (χ2v) is 16.1. The summed E-state index contributed by atoms with van der Waals surface area (Å²) in [5.74, 6) is -1.26. The van der Waals surface area contributed by atoms with E-state index in [1.54, 1.807) is 36.4 Å². The smallest absolute Gasteiger partial charge is 0.296 e. The first-order valence-corrected chi connectivity index (χ1v) is 19.9. The molecule has 0 fully saturated rings. The van der Waals surface area contributed by atoms with Crippen molar-refractivity contribution >= 4 is 87.3 Å². The van der Waals surface area contributed by atoms with Crippen LogP contribution in [0.15, 0.2) is 98.9 Å². The molecule has 0 spiro atoms. The molecule has 21 heteroatoms. The van der Waals surface area contributed by atoms with Crippen molar-refractivity contribution < 1.29 is 58.0 Å². The van der Waals surface area contributed by atoms with Gasteiger partial charge in [0.2, 0.25) is 11.6 Å². The summed E-state index contributed by atoms with van der Waals surface area (Å²) in [4.78, 5) is 24.3. The number of hydrogen-bond donors (Lipinski definition) is 5. The third kappa shape index (κ3) is 7.77. The molecule has 17 nitrogen and oxygen atoms in total. The molecule has 0 aromatic heterocycles. The van der Waals surface area contributed by atoms with Crippen molar-refractivity contribution in [1.82, 2.24) is 0 Å². The molecule has 5 N–H and O–H groups in total. The summed E-state index contributed by atoms with van der Waals surface area (Å²) >= 11 is 6.15. The van der Waals surface area contributed by atoms with Crippen LogP contribution in [0, 0.1) is 0 Å². The summed E-state index contributed by atoms with van der Waals surface area (Å²) in [6.07, 6.45) is 1.74. The van der Waals surface area contributed by atoms with Gasteiger partial charge in [0.05, 0.1) is 41.1 Å². The van der Waals surface area contributed by atoms with Gasteiger partial charge in [-0.05, 0) is 65.2 Å². The highest BCUT2D eigenvalue weighted by atomic mass is 35.5. The van der Waals surface area contributed by atoms with Crippen molar-refractivity contribution in [1.29, 1.82) is 0 Å². The highest BCUT2D eigenvalue weighted by Gasteiger charge is 2.35. The van der Waals surface area contributed by atoms with Gasteiger partial charge in [0.15, 0.2) is 5.71 Å². The third-order valence-electron chi connectivity index (χ3n) is 8.17. The van der Waals surface area contributed by atoms with Crippen molar-refractivity contribution in [3.05, 3.63) is 111 Å². The summed E-state index contributed by atoms with van der Waals surface area (Å²) in [5.41, 5.74) is 5.15. The molecule has 2 aliphatic carbocycles. The zero-order valence-electron chi connectivity index (χ0n) is 28.0. The number of ether oxygens (including phenoxy) is 2. The quantitative estimate of drug-likeness (QED) is 0.103. The average molecular weight is 829 g/mol. The van der Waals surface area contributed by atoms with Crippen LogP contribution in [0.2, 0.25) is 5.02 Å². The highest BCUT2D eigenvalue weighted by Crippen LogP contribution is 2.37. The topological polar surface area (TPSA) is 264 Å². The summed E-state index contributed by atoms with van der Waals surface area (Å²) < 4.78 is 112. The predicted octanol–water partition coefficient (Wildman–Crippen LogP) is 5.06. The minimum atomic E-state index is -5.11. The molecule has 0 bridgehead atoms. The first-order chi connectivity index (χ1) is 25.8. The monoisotopic (exact) mass is 828 g/mol. The molecule has 0 aliphatic heterocycles. The van der Waals surface area contributed by atoms with Gasteiger partial charge in [-0.15, -0.1) is 0 Å². The fourth-order valence-corrected chi connectivity index (χ4v) is 7.90. The summed E-state index contributed by atoms with van der Waals surface area (Å²) in [5, 5.41) is 7.58. The largest absolute Gasteiger partial charge is 0.494 e. The number of Topliss-reactive ketones (excluding diaryl/α,β-unsaturated/α-hetero) is 2. The van der Waals surface area contributed by atoms with Crippen molar-refractivity contribution in [3.63, 3.8) is 0 Å². The predicted molar refractivity (Wildman–Crippen MR) is 203 cm³/mol. The van der Waals surface area contributed by atoms with E-state index in [4.69, 9.17) is 21.1 Å². The molecule has 2 aliphatic rings. The van der Waals surface area contributed by atoms with E-state index in [2.05, 4.69) is 21.1 Å². The van der Waals surface area contributed by atoms with Gasteiger partial charge in [-0.3, -0.25) is 34.1 Å². The van der Waals surface area contributed by atoms with E-state index in [1.807, 2.05) is 0 Å². The van der Waals surface area contributed by atoms with Gasteiger partial charge < -0.3 is 9.47 Å². The number of hydrogen-bond acceptors (Lipinski definition) is 14. The van der Waals surface area contributed by atoms with Crippen LogP contribution in [0.1, 0.15) is 31.8 Å². The van der Waals surface area contributed by atoms with Gasteiger partial charge in [0, 0.05) is 11.1 Å². The Morgan fingerprint density at radius 2 is 1.18 bits per heavy atom. The molecule has 0 amide bonds. The lowest BCUT2D eigenvalue weighted by Gasteiger charge is -2.18. The Labute approximate surface area is 317 Å². The maximum absolute atomic E-state index is 13.4. The minimum Gasteiger partial charge on any atom is -0.494 e. The number of allylic oxidation sites excluding steroid dienone is 2. The maximum atomic E-state index is 13.4. The number of hydrazone groups is 2. The van der Waals surface area contributed by atoms with E-state index in [9.17, 15) is 48.5 Å². The Balaban J connectivity index is 1.29. The number of ketones is 2. The molecule has 0 heterocycles. The number of anilines is 2. The minimum absolute atomic E-state index is 0.0334. The molecule has 0 saturated heterocycles. The highest BCUT2D eigenvalue weighted by molar-refractivity contribution is 7.95. The van der Waals surface area contributed by atoms with Gasteiger partial charge in [0.25, 0.3) is 30.4 Å². The Hall–Kier alpha value is -5.74. The van der Waals surface area contributed by atoms with Crippen molar-refractivity contribution in [3.8, 4) is 22.6 Å². The Kier molecular flexibility index (Phi) is 10.3. The van der Waals surface area contributed by atoms with Crippen LogP contribution >= 0.6 is 11.6 Å². The number of benzene rings is 4. The molecule has 0 saturated carbocycles. The van der Waals surface area contributed by atoms with E-state index >= 15 is 0 Å². The molecule has 0 unspecified atom stereocenters. The van der Waals surface area contributed by atoms with Crippen molar-refractivity contribution in [2.45, 2.75) is 4.90 Å². The van der Waals surface area contributed by atoms with Crippen molar-refractivity contribution in [2.75, 3.05) is 25.1 Å². The number of methoxy groups -OCH3 is 2. The number of halogens is 1. The van der Waals surface area contributed by atoms with Crippen LogP contribution in [0.3, 0.4) is 0 Å². The summed E-state index contributed by atoms with van der Waals surface area (Å²) in [7, 11) is -11.9. The second kappa shape index (κ2) is 14.5. The standard InChI is InChI=1S/C34H25ClN4O13S3/c1-51-27-12-17(7-9-24(27)36-38-26-16-29(54(45,46)47)21-5-3-4-6-22(21)33(26)40)18-8-10-25(28(13-18)52-2)37-39-32-30(55(48,49)50)14-19-11-20(53(42,43)44)15-23(35)31(19)34(32)41/h3-16,36-37H,1-2H3,(H,42,43,44)(H,45,46,47)(H,48,49,50)/b38-26-,39-32+. The van der Waals surface area contributed by atoms with Gasteiger partial charge in [-0.2, -0.15) is 35.5 Å². The lowest BCUT2D eigenvalue weighted by Crippen LogP contribution is -2.27. The number of rotatable bonds is 10. The van der Waals surface area contributed by atoms with E-state index in [0.29, 0.717) is 11.1 Å². The second-order valence-electron chi connectivity index (χ2n) is 11.5. The van der Waals surface area contributed by atoms with Gasteiger partial charge >= 0.3 is 0 Å². The first-order valence-electron chi connectivity index (χ1n) is 15.2. The molecular formula is C34H25ClN4O13S3. The number of fused-ring (bicyclic) bond motifs is 2. The fraction of sp³-hybridized carbons (Fsp3) is 0.0588. The summed E-state index contributed by atoms with van der Waals surface area (Å²) in [6, 6.07) is 17.0. The van der Waals surface area contributed by atoms with Crippen LogP contribution in [-0.4, -0.2) is 76.1 Å². The summed E-state index contributed by atoms with van der Waals surface area (Å²) in [6.45, 7) is 0. The van der Waals surface area contributed by atoms with Crippen LogP contribution in [-0.2, 0) is 30.4 Å². The van der Waals surface area contributed by atoms with Crippen molar-refractivity contribution in [2.24, 2.45) is 10.2 Å². The Morgan fingerprint density at radius 3 is 1.71 bits per heavy atom. The molecule has 4 aromatic carbocycles. The molecule has 6 rings (SSSR count). The van der Waals surface area contributed by atoms with Crippen LogP contribution < -0.4 is 20.3 Å². The van der Waals surface area contributed by atoms with Gasteiger partial charge in [-0.1, -0.05) is 48.0 Å². The normalized spacial score (nSPS) is 15.9. The van der Waals surface area contributed by atoms with Crippen LogP contribution in [0.5, 0.6) is 11.5 Å². The van der Waals surface area contributed by atoms with Crippen LogP contribution in [0.25, 0.3) is 22.1 Å². The molecule has 0 radical (unpaired) electrons. The zero-order chi connectivity index (χ0) is 40.0. The number of nitrogens with one attached hydrogen (secondary N) is 2. The first kappa shape index (κ1) is 39.0. The van der Waals surface area contributed by atoms with E-state index in [0.717, 1.165) is 24.3 Å². The Morgan fingerprint density at radius 1 is 0.636 bits per heavy atom. The molecule has 4 aromatic rings. The SMILES string of the molecule is COc1cc(-c2ccc(N/N=C3/C(=O)c4c(Cl)cc(S(=O)(=O)O)cc4C=C3S(=O)(=O)O)c(OC)c2)ccc1N/N=C1/C=C(S(=O)(=O)O)c2ccccc2C1=O.